The molecule has 0 atom stereocenters. The number of hydrogen-bond donors (Lipinski definition) is 0. The van der Waals surface area contributed by atoms with E-state index in [2.05, 4.69) is 4.84 Å². The summed E-state index contributed by atoms with van der Waals surface area (Å²) >= 11 is 0. The van der Waals surface area contributed by atoms with Gasteiger partial charge in [0, 0.05) is 6.54 Å². The molecule has 0 fully saturated rings. The Morgan fingerprint density at radius 2 is 2.20 bits per heavy atom. The van der Waals surface area contributed by atoms with Crippen molar-refractivity contribution in [1.82, 2.24) is 5.23 Å². The van der Waals surface area contributed by atoms with Crippen LogP contribution in [0.2, 0.25) is 0 Å². The predicted octanol–water partition coefficient (Wildman–Crippen LogP) is 1.70. The zero-order chi connectivity index (χ0) is 7.98. The smallest absolute Gasteiger partial charge is 0.0645 e. The van der Waals surface area contributed by atoms with Crippen molar-refractivity contribution in [2.24, 2.45) is 0 Å². The van der Waals surface area contributed by atoms with Crippen molar-refractivity contribution < 1.29 is 4.84 Å². The van der Waals surface area contributed by atoms with Gasteiger partial charge in [-0.2, -0.15) is 0 Å². The highest BCUT2D eigenvalue weighted by atomic mass is 16.9. The molecule has 0 unspecified atom stereocenters. The second-order valence-electron chi connectivity index (χ2n) is 2.21. The summed E-state index contributed by atoms with van der Waals surface area (Å²) < 4.78 is 0. The molecule has 10 heavy (non-hydrogen) atoms. The molecule has 60 valence electrons. The first-order chi connectivity index (χ1) is 4.66. The number of hydrogen-bond acceptors (Lipinski definition) is 3. The number of rotatable bonds is 4. The predicted molar refractivity (Wildman–Crippen MR) is 41.1 cm³/mol. The normalized spacial score (nSPS) is 10.1. The Bertz CT molecular complexity index is 108. The highest BCUT2D eigenvalue weighted by molar-refractivity contribution is 4.94. The SMILES string of the molecule is CCON([O-])CC=C(C)C. The highest BCUT2D eigenvalue weighted by Crippen LogP contribution is 1.92. The van der Waals surface area contributed by atoms with E-state index in [1.165, 1.54) is 0 Å². The van der Waals surface area contributed by atoms with Gasteiger partial charge in [0.15, 0.2) is 0 Å². The summed E-state index contributed by atoms with van der Waals surface area (Å²) in [5.41, 5.74) is 1.13. The quantitative estimate of drug-likeness (QED) is 0.445. The minimum atomic E-state index is 0.316. The Labute approximate surface area is 61.8 Å². The molecule has 0 aromatic heterocycles. The van der Waals surface area contributed by atoms with Crippen LogP contribution in [0.3, 0.4) is 0 Å². The summed E-state index contributed by atoms with van der Waals surface area (Å²) in [6, 6.07) is 0. The molecule has 0 amide bonds. The lowest BCUT2D eigenvalue weighted by atomic mass is 10.3. The molecule has 0 aliphatic rings. The molecule has 0 rings (SSSR count). The van der Waals surface area contributed by atoms with E-state index in [1.54, 1.807) is 6.92 Å². The molecule has 0 radical (unpaired) electrons. The second-order valence-corrected chi connectivity index (χ2v) is 2.21. The first-order valence-corrected chi connectivity index (χ1v) is 3.37. The lowest BCUT2D eigenvalue weighted by Crippen LogP contribution is -2.16. The van der Waals surface area contributed by atoms with E-state index in [0.29, 0.717) is 18.4 Å². The van der Waals surface area contributed by atoms with Gasteiger partial charge in [-0.1, -0.05) is 11.6 Å². The molecule has 0 aromatic rings. The van der Waals surface area contributed by atoms with E-state index in [9.17, 15) is 5.21 Å². The van der Waals surface area contributed by atoms with Crippen LogP contribution in [-0.4, -0.2) is 18.4 Å². The van der Waals surface area contributed by atoms with E-state index in [4.69, 9.17) is 0 Å². The number of nitrogens with zero attached hydrogens (tertiary/aromatic N) is 1. The monoisotopic (exact) mass is 144 g/mol. The van der Waals surface area contributed by atoms with Gasteiger partial charge in [0.1, 0.15) is 0 Å². The fraction of sp³-hybridized carbons (Fsp3) is 0.714. The molecule has 0 saturated heterocycles. The summed E-state index contributed by atoms with van der Waals surface area (Å²) in [5, 5.41) is 11.2. The van der Waals surface area contributed by atoms with Gasteiger partial charge in [-0.15, -0.1) is 0 Å². The van der Waals surface area contributed by atoms with Crippen molar-refractivity contribution in [3.05, 3.63) is 16.9 Å². The molecule has 0 spiro atoms. The van der Waals surface area contributed by atoms with Gasteiger partial charge in [0.2, 0.25) is 0 Å². The summed E-state index contributed by atoms with van der Waals surface area (Å²) in [6.45, 7) is 6.42. The van der Waals surface area contributed by atoms with Gasteiger partial charge < -0.3 is 10.0 Å². The van der Waals surface area contributed by atoms with Gasteiger partial charge in [-0.3, -0.25) is 5.23 Å². The van der Waals surface area contributed by atoms with Crippen molar-refractivity contribution in [2.75, 3.05) is 13.2 Å². The molecule has 0 aromatic carbocycles. The molecular weight excluding hydrogens is 130 g/mol. The third-order valence-corrected chi connectivity index (χ3v) is 0.922. The summed E-state index contributed by atoms with van der Waals surface area (Å²) in [5.74, 6) is 0. The summed E-state index contributed by atoms with van der Waals surface area (Å²) in [6.07, 6.45) is 1.82. The maximum absolute atomic E-state index is 10.6. The average Bonchev–Trinajstić information content (AvgIpc) is 1.85. The van der Waals surface area contributed by atoms with E-state index < -0.39 is 0 Å². The van der Waals surface area contributed by atoms with Crippen LogP contribution in [0.4, 0.5) is 0 Å². The molecule has 0 heterocycles. The van der Waals surface area contributed by atoms with Crippen LogP contribution in [-0.2, 0) is 4.84 Å². The van der Waals surface area contributed by atoms with Crippen LogP contribution < -0.4 is 0 Å². The summed E-state index contributed by atoms with van der Waals surface area (Å²) in [4.78, 5) is 4.63. The van der Waals surface area contributed by atoms with Gasteiger partial charge in [0.25, 0.3) is 0 Å². The Hall–Kier alpha value is -0.380. The van der Waals surface area contributed by atoms with Crippen LogP contribution in [0.5, 0.6) is 0 Å². The summed E-state index contributed by atoms with van der Waals surface area (Å²) in [7, 11) is 0. The van der Waals surface area contributed by atoms with Gasteiger partial charge >= 0.3 is 0 Å². The lowest BCUT2D eigenvalue weighted by Gasteiger charge is -2.24. The van der Waals surface area contributed by atoms with E-state index in [-0.39, 0.29) is 0 Å². The largest absolute Gasteiger partial charge is 0.762 e. The molecule has 0 aliphatic heterocycles. The van der Waals surface area contributed by atoms with Gasteiger partial charge in [0.05, 0.1) is 6.61 Å². The minimum Gasteiger partial charge on any atom is -0.762 e. The van der Waals surface area contributed by atoms with Crippen molar-refractivity contribution >= 4 is 0 Å². The first kappa shape index (κ1) is 9.62. The van der Waals surface area contributed by atoms with Gasteiger partial charge in [-0.05, 0) is 20.8 Å². The highest BCUT2D eigenvalue weighted by Gasteiger charge is 1.84. The van der Waals surface area contributed by atoms with Crippen molar-refractivity contribution in [3.63, 3.8) is 0 Å². The maximum Gasteiger partial charge on any atom is 0.0645 e. The molecule has 0 saturated carbocycles. The Morgan fingerprint density at radius 1 is 1.60 bits per heavy atom. The first-order valence-electron chi connectivity index (χ1n) is 3.37. The van der Waals surface area contributed by atoms with Gasteiger partial charge in [-0.25, -0.2) is 0 Å². The van der Waals surface area contributed by atoms with Crippen molar-refractivity contribution in [1.29, 1.82) is 0 Å². The second kappa shape index (κ2) is 5.41. The Morgan fingerprint density at radius 3 is 2.60 bits per heavy atom. The van der Waals surface area contributed by atoms with E-state index in [1.807, 2.05) is 19.9 Å². The molecule has 3 heteroatoms. The van der Waals surface area contributed by atoms with E-state index in [0.717, 1.165) is 5.57 Å². The van der Waals surface area contributed by atoms with Crippen molar-refractivity contribution in [3.8, 4) is 0 Å². The van der Waals surface area contributed by atoms with E-state index >= 15 is 0 Å². The maximum atomic E-state index is 10.6. The molecule has 3 nitrogen and oxygen atoms in total. The van der Waals surface area contributed by atoms with Crippen LogP contribution in [0.15, 0.2) is 11.6 Å². The van der Waals surface area contributed by atoms with Crippen LogP contribution >= 0.6 is 0 Å². The molecule has 0 aliphatic carbocycles. The number of allylic oxidation sites excluding steroid dienone is 1. The average molecular weight is 144 g/mol. The standard InChI is InChI=1S/C7H14NO2/c1-4-10-8(9)6-5-7(2)3/h5H,4,6H2,1-3H3/q-1. The topological polar surface area (TPSA) is 35.5 Å². The van der Waals surface area contributed by atoms with Crippen LogP contribution in [0, 0.1) is 5.21 Å². The fourth-order valence-electron chi connectivity index (χ4n) is 0.454. The molecule has 0 N–H and O–H groups in total. The third kappa shape index (κ3) is 5.75. The fourth-order valence-corrected chi connectivity index (χ4v) is 0.454. The third-order valence-electron chi connectivity index (χ3n) is 0.922. The van der Waals surface area contributed by atoms with Crippen LogP contribution in [0.25, 0.3) is 0 Å². The van der Waals surface area contributed by atoms with Crippen LogP contribution in [0.1, 0.15) is 20.8 Å². The van der Waals surface area contributed by atoms with Crippen molar-refractivity contribution in [2.45, 2.75) is 20.8 Å². The minimum absolute atomic E-state index is 0.316. The lowest BCUT2D eigenvalue weighted by molar-refractivity contribution is -0.106. The Balaban J connectivity index is 3.38. The zero-order valence-electron chi connectivity index (χ0n) is 6.76. The Kier molecular flexibility index (Phi) is 5.20. The number of hydroxylamine groups is 2. The molecular formula is C7H14NO2-. The zero-order valence-corrected chi connectivity index (χ0v) is 6.76. The molecule has 0 bridgehead atoms.